The van der Waals surface area contributed by atoms with Crippen molar-refractivity contribution in [2.75, 3.05) is 0 Å². The number of aliphatic hydroxyl groups excluding tert-OH is 1. The molecule has 1 saturated heterocycles. The first-order valence-electron chi connectivity index (χ1n) is 8.63. The second-order valence-electron chi connectivity index (χ2n) is 7.00. The van der Waals surface area contributed by atoms with E-state index in [0.29, 0.717) is 19.3 Å². The minimum absolute atomic E-state index is 0.0340. The summed E-state index contributed by atoms with van der Waals surface area (Å²) in [5.74, 6) is -0.173. The molecule has 2 N–H and O–H groups in total. The van der Waals surface area contributed by atoms with Gasteiger partial charge in [-0.15, -0.1) is 0 Å². The third kappa shape index (κ3) is 2.61. The van der Waals surface area contributed by atoms with E-state index in [9.17, 15) is 15.0 Å². The topological polar surface area (TPSA) is 66.8 Å². The lowest BCUT2D eigenvalue weighted by atomic mass is 9.68. The average Bonchev–Trinajstić information content (AvgIpc) is 2.91. The Morgan fingerprint density at radius 1 is 1.32 bits per heavy atom. The number of carbonyl (C=O) groups is 1. The van der Waals surface area contributed by atoms with Crippen LogP contribution >= 0.6 is 0 Å². The average molecular weight is 310 g/mol. The summed E-state index contributed by atoms with van der Waals surface area (Å²) in [5, 5.41) is 21.7. The first-order valence-corrected chi connectivity index (χ1v) is 8.63. The van der Waals surface area contributed by atoms with Gasteiger partial charge in [-0.05, 0) is 37.5 Å². The van der Waals surface area contributed by atoms with Crippen molar-refractivity contribution in [2.24, 2.45) is 17.8 Å². The van der Waals surface area contributed by atoms with Crippen molar-refractivity contribution in [3.63, 3.8) is 0 Å². The number of cyclic esters (lactones) is 1. The van der Waals surface area contributed by atoms with E-state index in [1.807, 2.05) is 13.8 Å². The quantitative estimate of drug-likeness (QED) is 0.605. The molecule has 0 aromatic carbocycles. The molecule has 1 aliphatic heterocycles. The van der Waals surface area contributed by atoms with Crippen molar-refractivity contribution in [1.29, 1.82) is 0 Å². The summed E-state index contributed by atoms with van der Waals surface area (Å²) < 4.78 is 5.64. The van der Waals surface area contributed by atoms with Gasteiger partial charge in [-0.2, -0.15) is 0 Å². The third-order valence-electron chi connectivity index (χ3n) is 5.91. The van der Waals surface area contributed by atoms with E-state index < -0.39 is 17.3 Å². The fraction of sp³-hybridized carbons (Fsp3) is 0.833. The Morgan fingerprint density at radius 3 is 2.45 bits per heavy atom. The summed E-state index contributed by atoms with van der Waals surface area (Å²) in [6.07, 6.45) is 6.28. The van der Waals surface area contributed by atoms with Crippen molar-refractivity contribution < 1.29 is 19.7 Å². The van der Waals surface area contributed by atoms with Gasteiger partial charge in [-0.25, -0.2) is 0 Å². The van der Waals surface area contributed by atoms with Crippen LogP contribution in [-0.2, 0) is 9.53 Å². The Kier molecular flexibility index (Phi) is 5.03. The monoisotopic (exact) mass is 310 g/mol. The van der Waals surface area contributed by atoms with Crippen LogP contribution in [0.15, 0.2) is 12.2 Å². The first-order chi connectivity index (χ1) is 10.3. The van der Waals surface area contributed by atoms with Crippen LogP contribution in [0, 0.1) is 17.8 Å². The summed E-state index contributed by atoms with van der Waals surface area (Å²) in [4.78, 5) is 11.8. The summed E-state index contributed by atoms with van der Waals surface area (Å²) in [6.45, 7) is 8.10. The van der Waals surface area contributed by atoms with E-state index >= 15 is 0 Å². The van der Waals surface area contributed by atoms with Crippen LogP contribution < -0.4 is 0 Å². The Hall–Kier alpha value is -0.870. The highest BCUT2D eigenvalue weighted by Gasteiger charge is 2.64. The van der Waals surface area contributed by atoms with Gasteiger partial charge in [0.1, 0.15) is 11.7 Å². The van der Waals surface area contributed by atoms with Crippen molar-refractivity contribution in [3.8, 4) is 0 Å². The highest BCUT2D eigenvalue weighted by atomic mass is 16.6. The standard InChI is InChI=1S/C18H30O4/c1-5-8-9-13-11-17(21,6-2)16(12(13)4)18(7-3)14(19)10-15(20)22-18/h8-9,12-14,16,19,21H,5-7,10-11H2,1-4H3/b9-8+/t12-,13+,14+,16+,17-,18-/m1/s1. The van der Waals surface area contributed by atoms with Crippen LogP contribution in [0.3, 0.4) is 0 Å². The minimum Gasteiger partial charge on any atom is -0.456 e. The molecule has 0 bridgehead atoms. The number of aliphatic hydroxyl groups is 2. The highest BCUT2D eigenvalue weighted by Crippen LogP contribution is 2.56. The summed E-state index contributed by atoms with van der Waals surface area (Å²) in [5.41, 5.74) is -1.85. The van der Waals surface area contributed by atoms with Crippen LogP contribution in [0.4, 0.5) is 0 Å². The minimum atomic E-state index is -0.948. The zero-order valence-corrected chi connectivity index (χ0v) is 14.2. The van der Waals surface area contributed by atoms with Crippen LogP contribution in [0.1, 0.15) is 59.8 Å². The number of carbonyl (C=O) groups excluding carboxylic acids is 1. The number of hydrogen-bond donors (Lipinski definition) is 2. The van der Waals surface area contributed by atoms with Crippen LogP contribution in [0.2, 0.25) is 0 Å². The molecule has 2 aliphatic rings. The molecule has 6 atom stereocenters. The third-order valence-corrected chi connectivity index (χ3v) is 5.91. The van der Waals surface area contributed by atoms with Crippen molar-refractivity contribution in [3.05, 3.63) is 12.2 Å². The molecule has 4 heteroatoms. The van der Waals surface area contributed by atoms with Crippen LogP contribution in [0.5, 0.6) is 0 Å². The lowest BCUT2D eigenvalue weighted by molar-refractivity contribution is -0.181. The molecule has 1 heterocycles. The lowest BCUT2D eigenvalue weighted by Gasteiger charge is -2.44. The van der Waals surface area contributed by atoms with E-state index in [4.69, 9.17) is 4.74 Å². The maximum atomic E-state index is 11.8. The molecular weight excluding hydrogens is 280 g/mol. The van der Waals surface area contributed by atoms with Gasteiger partial charge in [0.05, 0.1) is 12.0 Å². The smallest absolute Gasteiger partial charge is 0.309 e. The van der Waals surface area contributed by atoms with Gasteiger partial charge in [0.15, 0.2) is 0 Å². The molecule has 2 rings (SSSR count). The number of esters is 1. The molecular formula is C18H30O4. The maximum absolute atomic E-state index is 11.8. The molecule has 0 aromatic rings. The second-order valence-corrected chi connectivity index (χ2v) is 7.00. The Balaban J connectivity index is 2.41. The van der Waals surface area contributed by atoms with Gasteiger partial charge in [0, 0.05) is 5.92 Å². The number of rotatable bonds is 5. The zero-order chi connectivity index (χ0) is 16.5. The lowest BCUT2D eigenvalue weighted by Crippen LogP contribution is -2.55. The molecule has 1 aliphatic carbocycles. The predicted molar refractivity (Wildman–Crippen MR) is 85.2 cm³/mol. The maximum Gasteiger partial charge on any atom is 0.309 e. The second kappa shape index (κ2) is 6.32. The fourth-order valence-corrected chi connectivity index (χ4v) is 4.73. The molecule has 0 aromatic heterocycles. The molecule has 0 amide bonds. The van der Waals surface area contributed by atoms with E-state index in [2.05, 4.69) is 26.0 Å². The van der Waals surface area contributed by atoms with E-state index in [1.54, 1.807) is 0 Å². The van der Waals surface area contributed by atoms with Crippen molar-refractivity contribution >= 4 is 5.97 Å². The van der Waals surface area contributed by atoms with Crippen molar-refractivity contribution in [2.45, 2.75) is 77.1 Å². The largest absolute Gasteiger partial charge is 0.456 e. The zero-order valence-electron chi connectivity index (χ0n) is 14.2. The van der Waals surface area contributed by atoms with E-state index in [-0.39, 0.29) is 30.1 Å². The van der Waals surface area contributed by atoms with Gasteiger partial charge >= 0.3 is 5.97 Å². The molecule has 2 fully saturated rings. The van der Waals surface area contributed by atoms with Crippen LogP contribution in [-0.4, -0.2) is 33.5 Å². The van der Waals surface area contributed by atoms with Gasteiger partial charge in [-0.1, -0.05) is 39.8 Å². The molecule has 0 radical (unpaired) electrons. The van der Waals surface area contributed by atoms with Gasteiger partial charge in [0.25, 0.3) is 0 Å². The number of allylic oxidation sites excluding steroid dienone is 2. The van der Waals surface area contributed by atoms with Crippen LogP contribution in [0.25, 0.3) is 0 Å². The molecule has 22 heavy (non-hydrogen) atoms. The summed E-state index contributed by atoms with van der Waals surface area (Å²) >= 11 is 0. The summed E-state index contributed by atoms with van der Waals surface area (Å²) in [6, 6.07) is 0. The number of ether oxygens (including phenoxy) is 1. The molecule has 126 valence electrons. The van der Waals surface area contributed by atoms with Gasteiger partial charge in [-0.3, -0.25) is 4.79 Å². The molecule has 1 saturated carbocycles. The highest BCUT2D eigenvalue weighted by molar-refractivity contribution is 5.73. The van der Waals surface area contributed by atoms with Gasteiger partial charge in [0.2, 0.25) is 0 Å². The predicted octanol–water partition coefficient (Wildman–Crippen LogP) is 2.82. The number of hydrogen-bond acceptors (Lipinski definition) is 4. The molecule has 0 unspecified atom stereocenters. The molecule has 0 spiro atoms. The Bertz CT molecular complexity index is 446. The van der Waals surface area contributed by atoms with E-state index in [1.165, 1.54) is 0 Å². The summed E-state index contributed by atoms with van der Waals surface area (Å²) in [7, 11) is 0. The van der Waals surface area contributed by atoms with Gasteiger partial charge < -0.3 is 14.9 Å². The Labute approximate surface area is 133 Å². The van der Waals surface area contributed by atoms with E-state index in [0.717, 1.165) is 6.42 Å². The Morgan fingerprint density at radius 2 is 2.00 bits per heavy atom. The normalized spacial score (nSPS) is 45.6. The molecule has 4 nitrogen and oxygen atoms in total. The first kappa shape index (κ1) is 17.5. The van der Waals surface area contributed by atoms with Crippen molar-refractivity contribution in [1.82, 2.24) is 0 Å². The SMILES string of the molecule is CC/C=C/[C@H]1C[C@](O)(CC)[C@@H]([C@]2(CC)OC(=O)C[C@@H]2O)[C@@H]1C. The fourth-order valence-electron chi connectivity index (χ4n) is 4.73.